The zero-order valence-electron chi connectivity index (χ0n) is 14.5. The fourth-order valence-corrected chi connectivity index (χ4v) is 4.40. The molecule has 5 nitrogen and oxygen atoms in total. The van der Waals surface area contributed by atoms with Crippen LogP contribution in [-0.4, -0.2) is 35.6 Å². The molecule has 1 saturated heterocycles. The topological polar surface area (TPSA) is 69.6 Å². The first kappa shape index (κ1) is 16.6. The Morgan fingerprint density at radius 1 is 1.12 bits per heavy atom. The van der Waals surface area contributed by atoms with E-state index in [2.05, 4.69) is 17.4 Å². The number of rotatable bonds is 3. The van der Waals surface area contributed by atoms with Gasteiger partial charge in [-0.15, -0.1) is 0 Å². The summed E-state index contributed by atoms with van der Waals surface area (Å²) in [5.41, 5.74) is 3.67. The Labute approximate surface area is 148 Å². The molecule has 134 valence electrons. The molecule has 1 heterocycles. The van der Waals surface area contributed by atoms with E-state index >= 15 is 0 Å². The van der Waals surface area contributed by atoms with Gasteiger partial charge in [0.1, 0.15) is 0 Å². The van der Waals surface area contributed by atoms with Crippen LogP contribution in [-0.2, 0) is 22.4 Å². The van der Waals surface area contributed by atoms with Gasteiger partial charge in [0.2, 0.25) is 11.8 Å². The van der Waals surface area contributed by atoms with Crippen LogP contribution in [0.1, 0.15) is 49.7 Å². The number of hydrogen-bond donors (Lipinski definition) is 2. The number of nitrogens with zero attached hydrogens (tertiary/aromatic N) is 1. The third-order valence-electron chi connectivity index (χ3n) is 5.93. The highest BCUT2D eigenvalue weighted by Gasteiger charge is 2.36. The lowest BCUT2D eigenvalue weighted by Gasteiger charge is -2.27. The maximum atomic E-state index is 12.6. The minimum atomic E-state index is -0.271. The van der Waals surface area contributed by atoms with Crippen LogP contribution in [0.5, 0.6) is 0 Å². The normalized spacial score (nSPS) is 28.9. The number of anilines is 1. The fraction of sp³-hybridized carbons (Fsp3) is 0.600. The summed E-state index contributed by atoms with van der Waals surface area (Å²) >= 11 is 0. The third-order valence-corrected chi connectivity index (χ3v) is 5.93. The van der Waals surface area contributed by atoms with Crippen molar-refractivity contribution in [1.29, 1.82) is 0 Å². The Balaban J connectivity index is 1.39. The molecule has 0 bridgehead atoms. The van der Waals surface area contributed by atoms with Gasteiger partial charge in [-0.05, 0) is 68.2 Å². The second-order valence-electron chi connectivity index (χ2n) is 7.73. The molecule has 1 atom stereocenters. The van der Waals surface area contributed by atoms with Crippen LogP contribution in [0, 0.1) is 5.92 Å². The summed E-state index contributed by atoms with van der Waals surface area (Å²) < 4.78 is 0. The average molecular weight is 342 g/mol. The molecule has 2 amide bonds. The maximum absolute atomic E-state index is 12.6. The summed E-state index contributed by atoms with van der Waals surface area (Å²) in [4.78, 5) is 26.8. The summed E-state index contributed by atoms with van der Waals surface area (Å²) in [6, 6.07) is 6.42. The van der Waals surface area contributed by atoms with Gasteiger partial charge in [0.25, 0.3) is 0 Å². The predicted octanol–water partition coefficient (Wildman–Crippen LogP) is 1.95. The van der Waals surface area contributed by atoms with E-state index in [1.807, 2.05) is 6.07 Å². The molecule has 3 aliphatic rings. The predicted molar refractivity (Wildman–Crippen MR) is 95.3 cm³/mol. The van der Waals surface area contributed by atoms with Gasteiger partial charge in [-0.3, -0.25) is 9.59 Å². The smallest absolute Gasteiger partial charge is 0.227 e. The summed E-state index contributed by atoms with van der Waals surface area (Å²) in [6.45, 7) is 0.471. The fourth-order valence-electron chi connectivity index (χ4n) is 4.40. The maximum Gasteiger partial charge on any atom is 0.227 e. The van der Waals surface area contributed by atoms with Gasteiger partial charge in [-0.2, -0.15) is 0 Å². The zero-order chi connectivity index (χ0) is 17.4. The van der Waals surface area contributed by atoms with Crippen molar-refractivity contribution in [2.24, 2.45) is 5.92 Å². The third kappa shape index (κ3) is 3.43. The summed E-state index contributed by atoms with van der Waals surface area (Å²) in [5, 5.41) is 12.7. The molecule has 2 aliphatic carbocycles. The lowest BCUT2D eigenvalue weighted by molar-refractivity contribution is -0.127. The monoisotopic (exact) mass is 342 g/mol. The molecule has 2 fully saturated rings. The van der Waals surface area contributed by atoms with Crippen LogP contribution in [0.2, 0.25) is 0 Å². The Kier molecular flexibility index (Phi) is 4.50. The minimum absolute atomic E-state index is 0.0154. The van der Waals surface area contributed by atoms with Gasteiger partial charge >= 0.3 is 0 Å². The molecule has 2 N–H and O–H groups in total. The van der Waals surface area contributed by atoms with Crippen LogP contribution < -0.4 is 10.2 Å². The molecule has 1 saturated carbocycles. The average Bonchev–Trinajstić information content (AvgIpc) is 3.22. The molecular weight excluding hydrogens is 316 g/mol. The van der Waals surface area contributed by atoms with Crippen molar-refractivity contribution >= 4 is 17.5 Å². The van der Waals surface area contributed by atoms with Crippen molar-refractivity contribution in [3.63, 3.8) is 0 Å². The molecular formula is C20H26N2O3. The standard InChI is InChI=1S/C20H26N2O3/c23-18-8-5-16(6-9-18)21-20(25)15-11-19(24)22(12-15)17-7-4-13-2-1-3-14(13)10-17/h4,7,10,15-16,18,23H,1-3,5-6,8-9,11-12H2,(H,21,25)/t15-,16?,18?/m0/s1. The highest BCUT2D eigenvalue weighted by atomic mass is 16.3. The highest BCUT2D eigenvalue weighted by molar-refractivity contribution is 6.00. The first-order valence-electron chi connectivity index (χ1n) is 9.51. The molecule has 1 aromatic carbocycles. The van der Waals surface area contributed by atoms with Gasteiger partial charge in [0.15, 0.2) is 0 Å². The lowest BCUT2D eigenvalue weighted by atomic mass is 9.92. The SMILES string of the molecule is O=C(NC1CCC(O)CC1)[C@H]1CC(=O)N(c2ccc3c(c2)CCC3)C1. The Bertz CT molecular complexity index is 680. The zero-order valence-corrected chi connectivity index (χ0v) is 14.5. The van der Waals surface area contributed by atoms with Gasteiger partial charge in [-0.25, -0.2) is 0 Å². The molecule has 0 spiro atoms. The number of hydrogen-bond acceptors (Lipinski definition) is 3. The van der Waals surface area contributed by atoms with E-state index in [1.165, 1.54) is 17.5 Å². The molecule has 25 heavy (non-hydrogen) atoms. The van der Waals surface area contributed by atoms with Crippen LogP contribution >= 0.6 is 0 Å². The quantitative estimate of drug-likeness (QED) is 0.882. The van der Waals surface area contributed by atoms with Gasteiger partial charge in [0.05, 0.1) is 12.0 Å². The number of carbonyl (C=O) groups excluding carboxylic acids is 2. The molecule has 5 heteroatoms. The Morgan fingerprint density at radius 2 is 1.88 bits per heavy atom. The lowest BCUT2D eigenvalue weighted by Crippen LogP contribution is -2.42. The first-order valence-corrected chi connectivity index (χ1v) is 9.51. The summed E-state index contributed by atoms with van der Waals surface area (Å²) in [6.07, 6.45) is 6.60. The number of aliphatic hydroxyl groups is 1. The molecule has 4 rings (SSSR count). The van der Waals surface area contributed by atoms with Gasteiger partial charge in [-0.1, -0.05) is 6.07 Å². The van der Waals surface area contributed by atoms with Crippen molar-refractivity contribution in [3.8, 4) is 0 Å². The van der Waals surface area contributed by atoms with Gasteiger partial charge < -0.3 is 15.3 Å². The van der Waals surface area contributed by atoms with Crippen LogP contribution in [0.25, 0.3) is 0 Å². The number of aliphatic hydroxyl groups excluding tert-OH is 1. The molecule has 1 aliphatic heterocycles. The van der Waals surface area contributed by atoms with Crippen molar-refractivity contribution in [2.75, 3.05) is 11.4 Å². The highest BCUT2D eigenvalue weighted by Crippen LogP contribution is 2.31. The van der Waals surface area contributed by atoms with E-state index in [0.717, 1.165) is 44.2 Å². The van der Waals surface area contributed by atoms with Crippen LogP contribution in [0.4, 0.5) is 5.69 Å². The van der Waals surface area contributed by atoms with E-state index in [9.17, 15) is 14.7 Å². The summed E-state index contributed by atoms with van der Waals surface area (Å²) in [5.74, 6) is -0.247. The second-order valence-corrected chi connectivity index (χ2v) is 7.73. The van der Waals surface area contributed by atoms with Crippen molar-refractivity contribution in [1.82, 2.24) is 5.32 Å². The van der Waals surface area contributed by atoms with Gasteiger partial charge in [0, 0.05) is 24.7 Å². The number of fused-ring (bicyclic) bond motifs is 1. The minimum Gasteiger partial charge on any atom is -0.393 e. The molecule has 0 unspecified atom stereocenters. The Morgan fingerprint density at radius 3 is 2.68 bits per heavy atom. The summed E-state index contributed by atoms with van der Waals surface area (Å²) in [7, 11) is 0. The van der Waals surface area contributed by atoms with E-state index in [-0.39, 0.29) is 36.3 Å². The second kappa shape index (κ2) is 6.79. The first-order chi connectivity index (χ1) is 12.1. The van der Waals surface area contributed by atoms with Crippen LogP contribution in [0.15, 0.2) is 18.2 Å². The Hall–Kier alpha value is -1.88. The van der Waals surface area contributed by atoms with E-state index in [0.29, 0.717) is 6.54 Å². The number of nitrogens with one attached hydrogen (secondary N) is 1. The van der Waals surface area contributed by atoms with E-state index in [1.54, 1.807) is 4.90 Å². The van der Waals surface area contributed by atoms with Crippen molar-refractivity contribution in [3.05, 3.63) is 29.3 Å². The molecule has 1 aromatic rings. The molecule has 0 radical (unpaired) electrons. The number of carbonyl (C=O) groups is 2. The number of aryl methyl sites for hydroxylation is 2. The number of benzene rings is 1. The van der Waals surface area contributed by atoms with E-state index < -0.39 is 0 Å². The van der Waals surface area contributed by atoms with Crippen LogP contribution in [0.3, 0.4) is 0 Å². The molecule has 0 aromatic heterocycles. The van der Waals surface area contributed by atoms with Crippen molar-refractivity contribution < 1.29 is 14.7 Å². The van der Waals surface area contributed by atoms with Crippen molar-refractivity contribution in [2.45, 2.75) is 63.5 Å². The van der Waals surface area contributed by atoms with E-state index in [4.69, 9.17) is 0 Å². The number of amides is 2. The largest absolute Gasteiger partial charge is 0.393 e.